The van der Waals surface area contributed by atoms with Crippen LogP contribution in [0.4, 0.5) is 13.2 Å². The van der Waals surface area contributed by atoms with Crippen molar-refractivity contribution < 1.29 is 18.0 Å². The van der Waals surface area contributed by atoms with E-state index >= 15 is 0 Å². The summed E-state index contributed by atoms with van der Waals surface area (Å²) in [5, 5.41) is 8.08. The van der Waals surface area contributed by atoms with E-state index in [4.69, 9.17) is 0 Å². The fourth-order valence-corrected chi connectivity index (χ4v) is 3.33. The van der Waals surface area contributed by atoms with E-state index in [1.54, 1.807) is 0 Å². The maximum Gasteiger partial charge on any atom is 0.417 e. The van der Waals surface area contributed by atoms with Crippen molar-refractivity contribution in [2.45, 2.75) is 37.8 Å². The zero-order valence-electron chi connectivity index (χ0n) is 13.0. The van der Waals surface area contributed by atoms with Crippen molar-refractivity contribution in [2.24, 2.45) is 5.92 Å². The van der Waals surface area contributed by atoms with Gasteiger partial charge in [-0.2, -0.15) is 13.2 Å². The molecule has 2 aromatic rings. The van der Waals surface area contributed by atoms with Crippen LogP contribution in [0.5, 0.6) is 0 Å². The SMILES string of the molecule is O=C(C1CC1)N1CCCC(c2nnc3ccc(C(F)(F)F)cn23)C1. The summed E-state index contributed by atoms with van der Waals surface area (Å²) in [5.41, 5.74) is -0.332. The molecule has 2 aromatic heterocycles. The second-order valence-corrected chi connectivity index (χ2v) is 6.60. The predicted molar refractivity (Wildman–Crippen MR) is 79.3 cm³/mol. The van der Waals surface area contributed by atoms with Crippen LogP contribution in [0.1, 0.15) is 43.0 Å². The molecular weight excluding hydrogens is 321 g/mol. The van der Waals surface area contributed by atoms with Crippen molar-refractivity contribution >= 4 is 11.6 Å². The summed E-state index contributed by atoms with van der Waals surface area (Å²) in [5.74, 6) is 0.740. The lowest BCUT2D eigenvalue weighted by atomic mass is 9.96. The number of nitrogens with zero attached hydrogens (tertiary/aromatic N) is 4. The molecule has 0 aromatic carbocycles. The molecule has 0 radical (unpaired) electrons. The minimum Gasteiger partial charge on any atom is -0.342 e. The first-order chi connectivity index (χ1) is 11.4. The molecule has 1 unspecified atom stereocenters. The first-order valence-corrected chi connectivity index (χ1v) is 8.14. The van der Waals surface area contributed by atoms with E-state index in [9.17, 15) is 18.0 Å². The van der Waals surface area contributed by atoms with Gasteiger partial charge >= 0.3 is 6.18 Å². The van der Waals surface area contributed by atoms with Crippen LogP contribution < -0.4 is 0 Å². The molecular formula is C16H17F3N4O. The van der Waals surface area contributed by atoms with Crippen LogP contribution in [0, 0.1) is 5.92 Å². The molecule has 24 heavy (non-hydrogen) atoms. The second-order valence-electron chi connectivity index (χ2n) is 6.60. The highest BCUT2D eigenvalue weighted by Crippen LogP contribution is 2.35. The maximum atomic E-state index is 13.0. The van der Waals surface area contributed by atoms with Crippen LogP contribution in [0.3, 0.4) is 0 Å². The van der Waals surface area contributed by atoms with E-state index in [1.807, 2.05) is 4.90 Å². The van der Waals surface area contributed by atoms with Gasteiger partial charge in [0.15, 0.2) is 5.65 Å². The van der Waals surface area contributed by atoms with Crippen molar-refractivity contribution in [2.75, 3.05) is 13.1 Å². The Morgan fingerprint density at radius 3 is 2.67 bits per heavy atom. The minimum atomic E-state index is -4.41. The van der Waals surface area contributed by atoms with Crippen molar-refractivity contribution in [3.05, 3.63) is 29.7 Å². The highest BCUT2D eigenvalue weighted by molar-refractivity contribution is 5.81. The highest BCUT2D eigenvalue weighted by Gasteiger charge is 2.37. The van der Waals surface area contributed by atoms with Crippen molar-refractivity contribution in [1.29, 1.82) is 0 Å². The van der Waals surface area contributed by atoms with Crippen molar-refractivity contribution in [1.82, 2.24) is 19.5 Å². The monoisotopic (exact) mass is 338 g/mol. The molecule has 2 aliphatic rings. The van der Waals surface area contributed by atoms with Crippen LogP contribution >= 0.6 is 0 Å². The van der Waals surface area contributed by atoms with E-state index in [2.05, 4.69) is 10.2 Å². The lowest BCUT2D eigenvalue weighted by Crippen LogP contribution is -2.40. The first-order valence-electron chi connectivity index (χ1n) is 8.14. The molecule has 1 saturated carbocycles. The summed E-state index contributed by atoms with van der Waals surface area (Å²) in [7, 11) is 0. The molecule has 1 saturated heterocycles. The largest absolute Gasteiger partial charge is 0.417 e. The number of halogens is 3. The molecule has 3 heterocycles. The number of hydrogen-bond acceptors (Lipinski definition) is 3. The number of alkyl halides is 3. The van der Waals surface area contributed by atoms with E-state index in [-0.39, 0.29) is 17.7 Å². The quantitative estimate of drug-likeness (QED) is 0.846. The number of fused-ring (bicyclic) bond motifs is 1. The third kappa shape index (κ3) is 2.74. The number of piperidine rings is 1. The minimum absolute atomic E-state index is 0.0834. The topological polar surface area (TPSA) is 50.5 Å². The van der Waals surface area contributed by atoms with Gasteiger partial charge in [-0.1, -0.05) is 0 Å². The second kappa shape index (κ2) is 5.46. The van der Waals surface area contributed by atoms with Gasteiger partial charge in [-0.05, 0) is 37.8 Å². The first kappa shape index (κ1) is 15.4. The van der Waals surface area contributed by atoms with Crippen molar-refractivity contribution in [3.8, 4) is 0 Å². The van der Waals surface area contributed by atoms with E-state index in [0.29, 0.717) is 18.0 Å². The zero-order chi connectivity index (χ0) is 16.9. The van der Waals surface area contributed by atoms with Gasteiger partial charge in [0.1, 0.15) is 5.82 Å². The number of aromatic nitrogens is 3. The summed E-state index contributed by atoms with van der Waals surface area (Å²) in [6, 6.07) is 2.34. The normalized spacial score (nSPS) is 22.1. The number of hydrogen-bond donors (Lipinski definition) is 0. The van der Waals surface area contributed by atoms with Crippen LogP contribution in [0.15, 0.2) is 18.3 Å². The lowest BCUT2D eigenvalue weighted by molar-refractivity contribution is -0.138. The summed E-state index contributed by atoms with van der Waals surface area (Å²) in [6.45, 7) is 1.22. The van der Waals surface area contributed by atoms with Crippen LogP contribution in [-0.4, -0.2) is 38.5 Å². The molecule has 8 heteroatoms. The van der Waals surface area contributed by atoms with Crippen LogP contribution in [0.25, 0.3) is 5.65 Å². The van der Waals surface area contributed by atoms with Gasteiger partial charge < -0.3 is 4.90 Å². The number of pyridine rings is 1. The molecule has 1 amide bonds. The Labute approximate surface area is 136 Å². The van der Waals surface area contributed by atoms with E-state index in [1.165, 1.54) is 10.5 Å². The Kier molecular flexibility index (Phi) is 3.51. The molecule has 0 N–H and O–H groups in total. The summed E-state index contributed by atoms with van der Waals surface area (Å²) in [6.07, 6.45) is 0.163. The van der Waals surface area contributed by atoms with Crippen LogP contribution in [0.2, 0.25) is 0 Å². The van der Waals surface area contributed by atoms with Gasteiger partial charge in [-0.25, -0.2) is 0 Å². The number of rotatable bonds is 2. The smallest absolute Gasteiger partial charge is 0.342 e. The molecule has 0 bridgehead atoms. The predicted octanol–water partition coefficient (Wildman–Crippen LogP) is 2.86. The van der Waals surface area contributed by atoms with Gasteiger partial charge in [0.05, 0.1) is 5.56 Å². The van der Waals surface area contributed by atoms with Gasteiger partial charge in [0, 0.05) is 31.1 Å². The fraction of sp³-hybridized carbons (Fsp3) is 0.562. The maximum absolute atomic E-state index is 13.0. The standard InChI is InChI=1S/C16H17F3N4O/c17-16(18,19)12-5-6-13-20-21-14(23(13)9-12)11-2-1-7-22(8-11)15(24)10-3-4-10/h5-6,9-11H,1-4,7-8H2. The lowest BCUT2D eigenvalue weighted by Gasteiger charge is -2.32. The number of carbonyl (C=O) groups excluding carboxylic acids is 1. The highest BCUT2D eigenvalue weighted by atomic mass is 19.4. The molecule has 1 aliphatic heterocycles. The van der Waals surface area contributed by atoms with Crippen molar-refractivity contribution in [3.63, 3.8) is 0 Å². The van der Waals surface area contributed by atoms with Gasteiger partial charge in [-0.15, -0.1) is 10.2 Å². The Balaban J connectivity index is 1.64. The summed E-state index contributed by atoms with van der Waals surface area (Å²) in [4.78, 5) is 14.1. The zero-order valence-corrected chi connectivity index (χ0v) is 13.0. The summed E-state index contributed by atoms with van der Waals surface area (Å²) >= 11 is 0. The average molecular weight is 338 g/mol. The third-order valence-corrected chi connectivity index (χ3v) is 4.78. The van der Waals surface area contributed by atoms with Crippen LogP contribution in [-0.2, 0) is 11.0 Å². The molecule has 2 fully saturated rings. The van der Waals surface area contributed by atoms with Gasteiger partial charge in [0.2, 0.25) is 5.91 Å². The fourth-order valence-electron chi connectivity index (χ4n) is 3.33. The van der Waals surface area contributed by atoms with E-state index < -0.39 is 11.7 Å². The Morgan fingerprint density at radius 1 is 1.17 bits per heavy atom. The Bertz CT molecular complexity index is 781. The average Bonchev–Trinajstić information content (AvgIpc) is 3.32. The van der Waals surface area contributed by atoms with E-state index in [0.717, 1.165) is 44.5 Å². The molecule has 0 spiro atoms. The number of carbonyl (C=O) groups is 1. The number of likely N-dealkylation sites (tertiary alicyclic amines) is 1. The third-order valence-electron chi connectivity index (χ3n) is 4.78. The van der Waals surface area contributed by atoms with Gasteiger partial charge in [-0.3, -0.25) is 9.20 Å². The Hall–Kier alpha value is -2.12. The molecule has 5 nitrogen and oxygen atoms in total. The molecule has 4 rings (SSSR count). The molecule has 1 aliphatic carbocycles. The summed E-state index contributed by atoms with van der Waals surface area (Å²) < 4.78 is 40.3. The Morgan fingerprint density at radius 2 is 1.96 bits per heavy atom. The molecule has 128 valence electrons. The molecule has 1 atom stereocenters. The van der Waals surface area contributed by atoms with Gasteiger partial charge in [0.25, 0.3) is 0 Å². The number of amides is 1.